The van der Waals surface area contributed by atoms with E-state index in [1.165, 1.54) is 44.5 Å². The molecule has 1 aliphatic heterocycles. The van der Waals surface area contributed by atoms with E-state index in [0.29, 0.717) is 12.6 Å². The number of nitrogens with one attached hydrogen (secondary N) is 2. The molecule has 27 heavy (non-hydrogen) atoms. The molecule has 0 spiro atoms. The molecule has 1 saturated carbocycles. The molecule has 0 aromatic carbocycles. The lowest BCUT2D eigenvalue weighted by Crippen LogP contribution is -2.49. The Morgan fingerprint density at radius 3 is 2.67 bits per heavy atom. The van der Waals surface area contributed by atoms with Gasteiger partial charge in [-0.2, -0.15) is 0 Å². The lowest BCUT2D eigenvalue weighted by molar-refractivity contribution is 0.197. The third kappa shape index (κ3) is 5.13. The molecule has 6 nitrogen and oxygen atoms in total. The van der Waals surface area contributed by atoms with E-state index in [4.69, 9.17) is 4.99 Å². The molecule has 2 N–H and O–H groups in total. The average molecular weight is 482 g/mol. The smallest absolute Gasteiger partial charge is 0.191 e. The molecule has 0 unspecified atom stereocenters. The fourth-order valence-electron chi connectivity index (χ4n) is 3.80. The van der Waals surface area contributed by atoms with Crippen LogP contribution in [-0.2, 0) is 6.54 Å². The van der Waals surface area contributed by atoms with Crippen LogP contribution in [-0.4, -0.2) is 52.0 Å². The van der Waals surface area contributed by atoms with Crippen LogP contribution in [0.4, 0.5) is 0 Å². The number of piperidine rings is 1. The van der Waals surface area contributed by atoms with Crippen LogP contribution in [0.15, 0.2) is 29.4 Å². The van der Waals surface area contributed by atoms with Crippen molar-refractivity contribution in [3.8, 4) is 0 Å². The Kier molecular flexibility index (Phi) is 6.97. The number of imidazole rings is 1. The zero-order valence-electron chi connectivity index (χ0n) is 16.3. The Hall–Kier alpha value is -1.35. The summed E-state index contributed by atoms with van der Waals surface area (Å²) in [6, 6.07) is 7.59. The Labute approximate surface area is 178 Å². The molecule has 0 amide bonds. The van der Waals surface area contributed by atoms with Gasteiger partial charge in [0.05, 0.1) is 12.2 Å². The van der Waals surface area contributed by atoms with Crippen molar-refractivity contribution in [3.05, 3.63) is 35.8 Å². The Balaban J connectivity index is 0.00000210. The van der Waals surface area contributed by atoms with Crippen molar-refractivity contribution < 1.29 is 0 Å². The lowest BCUT2D eigenvalue weighted by atomic mass is 10.1. The summed E-state index contributed by atoms with van der Waals surface area (Å²) in [6.07, 6.45) is 7.30. The van der Waals surface area contributed by atoms with Crippen LogP contribution in [0.5, 0.6) is 0 Å². The van der Waals surface area contributed by atoms with Crippen LogP contribution >= 0.6 is 24.0 Å². The lowest BCUT2D eigenvalue weighted by Gasteiger charge is -2.33. The van der Waals surface area contributed by atoms with E-state index in [1.54, 1.807) is 0 Å². The number of hydrogen-bond donors (Lipinski definition) is 2. The molecule has 2 aromatic heterocycles. The number of rotatable bonds is 5. The fraction of sp³-hybridized carbons (Fsp3) is 0.600. The van der Waals surface area contributed by atoms with Gasteiger partial charge in [0.2, 0.25) is 0 Å². The summed E-state index contributed by atoms with van der Waals surface area (Å²) >= 11 is 0. The van der Waals surface area contributed by atoms with Crippen LogP contribution in [0.1, 0.15) is 44.0 Å². The number of aromatic nitrogens is 2. The van der Waals surface area contributed by atoms with Gasteiger partial charge in [0, 0.05) is 43.6 Å². The van der Waals surface area contributed by atoms with E-state index >= 15 is 0 Å². The highest BCUT2D eigenvalue weighted by molar-refractivity contribution is 14.0. The second-order valence-corrected chi connectivity index (χ2v) is 7.51. The zero-order valence-corrected chi connectivity index (χ0v) is 18.6. The van der Waals surface area contributed by atoms with Gasteiger partial charge in [-0.15, -0.1) is 24.0 Å². The van der Waals surface area contributed by atoms with E-state index in [0.717, 1.165) is 29.9 Å². The predicted octanol–water partition coefficient (Wildman–Crippen LogP) is 2.94. The number of nitrogens with zero attached hydrogens (tertiary/aromatic N) is 4. The first kappa shape index (κ1) is 20.4. The maximum atomic E-state index is 4.77. The van der Waals surface area contributed by atoms with Gasteiger partial charge in [0.1, 0.15) is 5.65 Å². The maximum Gasteiger partial charge on any atom is 0.191 e. The first-order valence-electron chi connectivity index (χ1n) is 9.95. The summed E-state index contributed by atoms with van der Waals surface area (Å²) in [7, 11) is 0. The molecular weight excluding hydrogens is 451 g/mol. The average Bonchev–Trinajstić information content (AvgIpc) is 3.40. The number of likely N-dealkylation sites (tertiary alicyclic amines) is 1. The number of aryl methyl sites for hydroxylation is 1. The minimum absolute atomic E-state index is 0. The first-order chi connectivity index (χ1) is 12.7. The van der Waals surface area contributed by atoms with Crippen molar-refractivity contribution in [2.75, 3.05) is 19.6 Å². The summed E-state index contributed by atoms with van der Waals surface area (Å²) in [6.45, 7) is 8.11. The normalized spacial score (nSPS) is 19.1. The second kappa shape index (κ2) is 9.23. The van der Waals surface area contributed by atoms with E-state index in [1.807, 2.05) is 12.1 Å². The third-order valence-electron chi connectivity index (χ3n) is 5.42. The van der Waals surface area contributed by atoms with Gasteiger partial charge in [0.15, 0.2) is 5.96 Å². The molecule has 1 saturated heterocycles. The molecule has 2 aromatic rings. The number of hydrogen-bond acceptors (Lipinski definition) is 3. The molecule has 1 aliphatic carbocycles. The monoisotopic (exact) mass is 482 g/mol. The van der Waals surface area contributed by atoms with Gasteiger partial charge in [-0.1, -0.05) is 6.07 Å². The fourth-order valence-corrected chi connectivity index (χ4v) is 3.80. The summed E-state index contributed by atoms with van der Waals surface area (Å²) in [5.74, 6) is 0.908. The molecule has 0 radical (unpaired) electrons. The van der Waals surface area contributed by atoms with Crippen LogP contribution in [0.2, 0.25) is 0 Å². The largest absolute Gasteiger partial charge is 0.357 e. The maximum absolute atomic E-state index is 4.77. The van der Waals surface area contributed by atoms with Gasteiger partial charge in [-0.3, -0.25) is 0 Å². The molecule has 0 bridgehead atoms. The highest BCUT2D eigenvalue weighted by Gasteiger charge is 2.31. The standard InChI is InChI=1S/C20H30N6.HI/c1-3-21-20(24-16-9-11-25(12-10-16)18-7-8-18)22-13-17-14-26-15(2)5-4-6-19(26)23-17;/h4-6,14,16,18H,3,7-13H2,1-2H3,(H2,21,22,24);1H. The van der Waals surface area contributed by atoms with E-state index in [-0.39, 0.29) is 24.0 Å². The number of fused-ring (bicyclic) bond motifs is 1. The third-order valence-corrected chi connectivity index (χ3v) is 5.42. The number of halogens is 1. The molecule has 2 aliphatic rings. The summed E-state index contributed by atoms with van der Waals surface area (Å²) < 4.78 is 2.12. The quantitative estimate of drug-likeness (QED) is 0.391. The van der Waals surface area contributed by atoms with Gasteiger partial charge in [-0.05, 0) is 51.7 Å². The van der Waals surface area contributed by atoms with Crippen LogP contribution in [0.3, 0.4) is 0 Å². The molecule has 7 heteroatoms. The van der Waals surface area contributed by atoms with Gasteiger partial charge < -0.3 is 19.9 Å². The van der Waals surface area contributed by atoms with Gasteiger partial charge in [-0.25, -0.2) is 9.98 Å². The molecule has 148 valence electrons. The number of aliphatic imine (C=N–C) groups is 1. The molecule has 2 fully saturated rings. The van der Waals surface area contributed by atoms with E-state index < -0.39 is 0 Å². The minimum atomic E-state index is 0. The van der Waals surface area contributed by atoms with Gasteiger partial charge >= 0.3 is 0 Å². The summed E-state index contributed by atoms with van der Waals surface area (Å²) in [5, 5.41) is 7.01. The summed E-state index contributed by atoms with van der Waals surface area (Å²) in [5.41, 5.74) is 3.18. The van der Waals surface area contributed by atoms with Crippen molar-refractivity contribution in [2.24, 2.45) is 4.99 Å². The van der Waals surface area contributed by atoms with Crippen molar-refractivity contribution >= 4 is 35.6 Å². The number of pyridine rings is 1. The Bertz CT molecular complexity index is 774. The SMILES string of the molecule is CCNC(=NCc1cn2c(C)cccc2n1)NC1CCN(C2CC2)CC1.I. The molecule has 3 heterocycles. The van der Waals surface area contributed by atoms with Crippen LogP contribution in [0, 0.1) is 6.92 Å². The van der Waals surface area contributed by atoms with Crippen molar-refractivity contribution in [2.45, 2.75) is 58.2 Å². The predicted molar refractivity (Wildman–Crippen MR) is 121 cm³/mol. The summed E-state index contributed by atoms with van der Waals surface area (Å²) in [4.78, 5) is 12.1. The molecule has 4 rings (SSSR count). The van der Waals surface area contributed by atoms with Crippen molar-refractivity contribution in [3.63, 3.8) is 0 Å². The Morgan fingerprint density at radius 1 is 1.22 bits per heavy atom. The van der Waals surface area contributed by atoms with E-state index in [2.05, 4.69) is 51.0 Å². The van der Waals surface area contributed by atoms with Crippen molar-refractivity contribution in [1.29, 1.82) is 0 Å². The van der Waals surface area contributed by atoms with Crippen LogP contribution in [0.25, 0.3) is 5.65 Å². The second-order valence-electron chi connectivity index (χ2n) is 7.51. The van der Waals surface area contributed by atoms with Crippen LogP contribution < -0.4 is 10.6 Å². The molecular formula is C20H31IN6. The topological polar surface area (TPSA) is 57.0 Å². The number of guanidine groups is 1. The van der Waals surface area contributed by atoms with Crippen molar-refractivity contribution in [1.82, 2.24) is 24.9 Å². The minimum Gasteiger partial charge on any atom is -0.357 e. The highest BCUT2D eigenvalue weighted by atomic mass is 127. The molecule has 0 atom stereocenters. The van der Waals surface area contributed by atoms with E-state index in [9.17, 15) is 0 Å². The van der Waals surface area contributed by atoms with Gasteiger partial charge in [0.25, 0.3) is 0 Å². The highest BCUT2D eigenvalue weighted by Crippen LogP contribution is 2.29. The zero-order chi connectivity index (χ0) is 17.9. The first-order valence-corrected chi connectivity index (χ1v) is 9.95. The Morgan fingerprint density at radius 2 is 2.00 bits per heavy atom.